The third-order valence-electron chi connectivity index (χ3n) is 3.53. The first-order valence-electron chi connectivity index (χ1n) is 6.84. The van der Waals surface area contributed by atoms with E-state index in [4.69, 9.17) is 0 Å². The van der Waals surface area contributed by atoms with E-state index in [9.17, 15) is 4.79 Å². The molecule has 1 atom stereocenters. The van der Waals surface area contributed by atoms with Crippen molar-refractivity contribution in [2.24, 2.45) is 0 Å². The average molecular weight is 278 g/mol. The van der Waals surface area contributed by atoms with E-state index in [1.54, 1.807) is 11.8 Å². The van der Waals surface area contributed by atoms with Crippen LogP contribution in [-0.4, -0.2) is 42.2 Å². The number of nitrogens with zero attached hydrogens (tertiary/aromatic N) is 1. The van der Waals surface area contributed by atoms with Crippen molar-refractivity contribution in [2.75, 3.05) is 26.2 Å². The van der Waals surface area contributed by atoms with Crippen molar-refractivity contribution in [3.8, 4) is 0 Å². The van der Waals surface area contributed by atoms with Gasteiger partial charge in [0.2, 0.25) is 5.91 Å². The lowest BCUT2D eigenvalue weighted by molar-refractivity contribution is -0.130. The maximum Gasteiger partial charge on any atom is 0.235 e. The number of benzene rings is 1. The molecule has 4 heteroatoms. The van der Waals surface area contributed by atoms with E-state index in [0.717, 1.165) is 31.9 Å². The summed E-state index contributed by atoms with van der Waals surface area (Å²) in [5, 5.41) is 3.31. The second-order valence-corrected chi connectivity index (χ2v) is 6.28. The van der Waals surface area contributed by atoms with Gasteiger partial charge in [0, 0.05) is 31.9 Å². The minimum atomic E-state index is 0.0395. The summed E-state index contributed by atoms with van der Waals surface area (Å²) in [5.74, 6) is 1.19. The molecule has 104 valence electrons. The van der Waals surface area contributed by atoms with Crippen LogP contribution >= 0.6 is 11.8 Å². The largest absolute Gasteiger partial charge is 0.339 e. The first-order chi connectivity index (χ1) is 9.18. The lowest BCUT2D eigenvalue weighted by Gasteiger charge is -2.29. The molecule has 1 aromatic carbocycles. The standard InChI is InChI=1S/C15H22N2OS/c1-12-5-3-4-6-14(12)11-19-13(2)15(18)17-9-7-16-8-10-17/h3-6,13,16H,7-11H2,1-2H3. The number of hydrogen-bond acceptors (Lipinski definition) is 3. The molecule has 1 heterocycles. The van der Waals surface area contributed by atoms with Crippen LogP contribution in [0.1, 0.15) is 18.1 Å². The summed E-state index contributed by atoms with van der Waals surface area (Å²) in [6.07, 6.45) is 0. The van der Waals surface area contributed by atoms with E-state index < -0.39 is 0 Å². The molecule has 3 nitrogen and oxygen atoms in total. The van der Waals surface area contributed by atoms with Crippen molar-refractivity contribution >= 4 is 17.7 Å². The van der Waals surface area contributed by atoms with Crippen LogP contribution in [0, 0.1) is 6.92 Å². The first kappa shape index (κ1) is 14.4. The molecule has 1 saturated heterocycles. The van der Waals surface area contributed by atoms with Gasteiger partial charge in [-0.15, -0.1) is 11.8 Å². The monoisotopic (exact) mass is 278 g/mol. The Labute approximate surface area is 119 Å². The molecule has 0 spiro atoms. The maximum absolute atomic E-state index is 12.3. The van der Waals surface area contributed by atoms with Crippen LogP contribution in [0.15, 0.2) is 24.3 Å². The average Bonchev–Trinajstić information content (AvgIpc) is 2.46. The van der Waals surface area contributed by atoms with Gasteiger partial charge in [-0.05, 0) is 25.0 Å². The molecular weight excluding hydrogens is 256 g/mol. The molecule has 1 aromatic rings. The van der Waals surface area contributed by atoms with Gasteiger partial charge in [0.25, 0.3) is 0 Å². The number of carbonyl (C=O) groups excluding carboxylic acids is 1. The van der Waals surface area contributed by atoms with Crippen molar-refractivity contribution in [3.05, 3.63) is 35.4 Å². The zero-order chi connectivity index (χ0) is 13.7. The number of aryl methyl sites for hydroxylation is 1. The highest BCUT2D eigenvalue weighted by atomic mass is 32.2. The van der Waals surface area contributed by atoms with Crippen LogP contribution in [-0.2, 0) is 10.5 Å². The smallest absolute Gasteiger partial charge is 0.235 e. The summed E-state index contributed by atoms with van der Waals surface area (Å²) in [5.41, 5.74) is 2.63. The van der Waals surface area contributed by atoms with Gasteiger partial charge in [-0.3, -0.25) is 4.79 Å². The highest BCUT2D eigenvalue weighted by Gasteiger charge is 2.22. The van der Waals surface area contributed by atoms with Crippen molar-refractivity contribution in [1.29, 1.82) is 0 Å². The third-order valence-corrected chi connectivity index (χ3v) is 4.71. The summed E-state index contributed by atoms with van der Waals surface area (Å²) >= 11 is 1.73. The Morgan fingerprint density at radius 1 is 1.37 bits per heavy atom. The third kappa shape index (κ3) is 3.98. The fourth-order valence-corrected chi connectivity index (χ4v) is 3.25. The van der Waals surface area contributed by atoms with Gasteiger partial charge in [-0.25, -0.2) is 0 Å². The van der Waals surface area contributed by atoms with Crippen LogP contribution < -0.4 is 5.32 Å². The minimum absolute atomic E-state index is 0.0395. The summed E-state index contributed by atoms with van der Waals surface area (Å²) in [6, 6.07) is 8.38. The van der Waals surface area contributed by atoms with Crippen LogP contribution in [0.4, 0.5) is 0 Å². The number of carbonyl (C=O) groups is 1. The second-order valence-electron chi connectivity index (χ2n) is 4.96. The number of piperazine rings is 1. The Hall–Kier alpha value is -1.00. The van der Waals surface area contributed by atoms with Crippen LogP contribution in [0.3, 0.4) is 0 Å². The van der Waals surface area contributed by atoms with E-state index >= 15 is 0 Å². The van der Waals surface area contributed by atoms with E-state index in [2.05, 4.69) is 36.5 Å². The number of thioether (sulfide) groups is 1. The number of amides is 1. The van der Waals surface area contributed by atoms with Crippen LogP contribution in [0.5, 0.6) is 0 Å². The second kappa shape index (κ2) is 6.96. The molecule has 2 rings (SSSR count). The summed E-state index contributed by atoms with van der Waals surface area (Å²) in [7, 11) is 0. The molecule has 1 unspecified atom stereocenters. The summed E-state index contributed by atoms with van der Waals surface area (Å²) in [4.78, 5) is 14.3. The van der Waals surface area contributed by atoms with Crippen molar-refractivity contribution in [3.63, 3.8) is 0 Å². The Balaban J connectivity index is 1.85. The molecule has 0 aromatic heterocycles. The Kier molecular flexibility index (Phi) is 5.28. The quantitative estimate of drug-likeness (QED) is 0.915. The molecule has 0 bridgehead atoms. The minimum Gasteiger partial charge on any atom is -0.339 e. The number of hydrogen-bond donors (Lipinski definition) is 1. The van der Waals surface area contributed by atoms with Gasteiger partial charge in [0.15, 0.2) is 0 Å². The lowest BCUT2D eigenvalue weighted by Crippen LogP contribution is -2.48. The number of rotatable bonds is 4. The zero-order valence-corrected chi connectivity index (χ0v) is 12.5. The van der Waals surface area contributed by atoms with Crippen molar-refractivity contribution in [1.82, 2.24) is 10.2 Å². The highest BCUT2D eigenvalue weighted by molar-refractivity contribution is 7.99. The van der Waals surface area contributed by atoms with Gasteiger partial charge >= 0.3 is 0 Å². The Morgan fingerprint density at radius 3 is 2.74 bits per heavy atom. The SMILES string of the molecule is Cc1ccccc1CSC(C)C(=O)N1CCNCC1. The Bertz CT molecular complexity index is 430. The molecule has 1 N–H and O–H groups in total. The van der Waals surface area contributed by atoms with Gasteiger partial charge in [-0.2, -0.15) is 0 Å². The zero-order valence-electron chi connectivity index (χ0n) is 11.7. The molecule has 1 amide bonds. The fourth-order valence-electron chi connectivity index (χ4n) is 2.20. The Morgan fingerprint density at radius 2 is 2.05 bits per heavy atom. The van der Waals surface area contributed by atoms with E-state index in [1.807, 2.05) is 11.8 Å². The van der Waals surface area contributed by atoms with Gasteiger partial charge in [-0.1, -0.05) is 24.3 Å². The van der Waals surface area contributed by atoms with Gasteiger partial charge < -0.3 is 10.2 Å². The highest BCUT2D eigenvalue weighted by Crippen LogP contribution is 2.21. The molecule has 1 aliphatic heterocycles. The number of nitrogens with one attached hydrogen (secondary N) is 1. The van der Waals surface area contributed by atoms with Crippen molar-refractivity contribution in [2.45, 2.75) is 24.9 Å². The summed E-state index contributed by atoms with van der Waals surface area (Å²) in [6.45, 7) is 7.66. The molecule has 0 saturated carbocycles. The molecule has 1 fully saturated rings. The van der Waals surface area contributed by atoms with Gasteiger partial charge in [0.05, 0.1) is 5.25 Å². The molecule has 19 heavy (non-hydrogen) atoms. The molecule has 1 aliphatic rings. The van der Waals surface area contributed by atoms with Crippen LogP contribution in [0.2, 0.25) is 0 Å². The fraction of sp³-hybridized carbons (Fsp3) is 0.533. The van der Waals surface area contributed by atoms with Crippen molar-refractivity contribution < 1.29 is 4.79 Å². The molecule has 0 radical (unpaired) electrons. The van der Waals surface area contributed by atoms with Gasteiger partial charge in [0.1, 0.15) is 0 Å². The topological polar surface area (TPSA) is 32.3 Å². The first-order valence-corrected chi connectivity index (χ1v) is 7.89. The van der Waals surface area contributed by atoms with E-state index in [-0.39, 0.29) is 11.2 Å². The lowest BCUT2D eigenvalue weighted by atomic mass is 10.1. The molecular formula is C15H22N2OS. The predicted molar refractivity (Wildman–Crippen MR) is 81.4 cm³/mol. The van der Waals surface area contributed by atoms with E-state index in [1.165, 1.54) is 11.1 Å². The molecule has 0 aliphatic carbocycles. The normalized spacial score (nSPS) is 17.3. The predicted octanol–water partition coefficient (Wildman–Crippen LogP) is 2.05. The van der Waals surface area contributed by atoms with E-state index in [0.29, 0.717) is 0 Å². The van der Waals surface area contributed by atoms with Crippen LogP contribution in [0.25, 0.3) is 0 Å². The summed E-state index contributed by atoms with van der Waals surface area (Å²) < 4.78 is 0. The maximum atomic E-state index is 12.3.